The summed E-state index contributed by atoms with van der Waals surface area (Å²) >= 11 is 0. The number of piperidine rings is 1. The van der Waals surface area contributed by atoms with Crippen LogP contribution in [0, 0.1) is 0 Å². The van der Waals surface area contributed by atoms with E-state index in [1.54, 1.807) is 0 Å². The zero-order valence-corrected chi connectivity index (χ0v) is 12.9. The highest BCUT2D eigenvalue weighted by molar-refractivity contribution is 5.82. The maximum absolute atomic E-state index is 12.0. The second-order valence-corrected chi connectivity index (χ2v) is 5.91. The van der Waals surface area contributed by atoms with E-state index in [4.69, 9.17) is 5.73 Å². The van der Waals surface area contributed by atoms with Crippen molar-refractivity contribution in [1.29, 1.82) is 0 Å². The summed E-state index contributed by atoms with van der Waals surface area (Å²) in [6.45, 7) is 5.24. The molecule has 1 fully saturated rings. The fourth-order valence-electron chi connectivity index (χ4n) is 2.91. The predicted octanol–water partition coefficient (Wildman–Crippen LogP) is 2.07. The van der Waals surface area contributed by atoms with E-state index in [9.17, 15) is 4.79 Å². The average Bonchev–Trinajstić information content (AvgIpc) is 2.53. The Bertz CT molecular complexity index is 435. The Hall–Kier alpha value is -1.39. The van der Waals surface area contributed by atoms with Gasteiger partial charge in [0, 0.05) is 19.1 Å². The van der Waals surface area contributed by atoms with Crippen LogP contribution >= 0.6 is 0 Å². The summed E-state index contributed by atoms with van der Waals surface area (Å²) in [5.74, 6) is -0.0899. The normalized spacial score (nSPS) is 21.0. The summed E-state index contributed by atoms with van der Waals surface area (Å²) in [6, 6.07) is 9.62. The lowest BCUT2D eigenvalue weighted by Crippen LogP contribution is -2.40. The van der Waals surface area contributed by atoms with Crippen LogP contribution in [0.1, 0.15) is 44.2 Å². The highest BCUT2D eigenvalue weighted by atomic mass is 16.2. The number of carbonyl (C=O) groups is 1. The number of nitrogens with zero attached hydrogens (tertiary/aromatic N) is 1. The van der Waals surface area contributed by atoms with Crippen molar-refractivity contribution in [3.8, 4) is 0 Å². The molecular weight excluding hydrogens is 262 g/mol. The minimum Gasteiger partial charge on any atom is -0.354 e. The van der Waals surface area contributed by atoms with E-state index >= 15 is 0 Å². The number of amides is 1. The topological polar surface area (TPSA) is 58.4 Å². The molecule has 21 heavy (non-hydrogen) atoms. The lowest BCUT2D eigenvalue weighted by atomic mass is 10.0. The molecule has 116 valence electrons. The SMILES string of the molecule is C[C@H]1CCCCN1CCCNC(=O)[C@@H](N)c1ccccc1. The lowest BCUT2D eigenvalue weighted by molar-refractivity contribution is -0.122. The Kier molecular flexibility index (Phi) is 6.21. The number of nitrogens with two attached hydrogens (primary N) is 1. The second kappa shape index (κ2) is 8.15. The van der Waals surface area contributed by atoms with E-state index in [0.29, 0.717) is 12.6 Å². The fourth-order valence-corrected chi connectivity index (χ4v) is 2.91. The van der Waals surface area contributed by atoms with Crippen LogP contribution in [0.5, 0.6) is 0 Å². The molecule has 1 aromatic carbocycles. The molecule has 0 aliphatic carbocycles. The zero-order valence-electron chi connectivity index (χ0n) is 12.9. The molecule has 0 saturated carbocycles. The first kappa shape index (κ1) is 16.0. The third kappa shape index (κ3) is 4.83. The molecule has 4 nitrogen and oxygen atoms in total. The van der Waals surface area contributed by atoms with Crippen LogP contribution in [-0.4, -0.2) is 36.5 Å². The lowest BCUT2D eigenvalue weighted by Gasteiger charge is -2.33. The number of nitrogens with one attached hydrogen (secondary N) is 1. The van der Waals surface area contributed by atoms with Gasteiger partial charge in [-0.15, -0.1) is 0 Å². The van der Waals surface area contributed by atoms with Gasteiger partial charge in [-0.1, -0.05) is 36.8 Å². The Morgan fingerprint density at radius 2 is 2.14 bits per heavy atom. The minimum absolute atomic E-state index is 0.0899. The number of benzene rings is 1. The van der Waals surface area contributed by atoms with Crippen molar-refractivity contribution in [2.75, 3.05) is 19.6 Å². The smallest absolute Gasteiger partial charge is 0.241 e. The average molecular weight is 289 g/mol. The molecule has 1 heterocycles. The Morgan fingerprint density at radius 1 is 1.38 bits per heavy atom. The molecule has 0 radical (unpaired) electrons. The second-order valence-electron chi connectivity index (χ2n) is 5.91. The van der Waals surface area contributed by atoms with Gasteiger partial charge in [-0.3, -0.25) is 4.79 Å². The van der Waals surface area contributed by atoms with Crippen molar-refractivity contribution in [3.05, 3.63) is 35.9 Å². The van der Waals surface area contributed by atoms with Crippen molar-refractivity contribution >= 4 is 5.91 Å². The third-order valence-electron chi connectivity index (χ3n) is 4.30. The van der Waals surface area contributed by atoms with Crippen molar-refractivity contribution in [1.82, 2.24) is 10.2 Å². The third-order valence-corrected chi connectivity index (χ3v) is 4.30. The number of hydrogen-bond acceptors (Lipinski definition) is 3. The Balaban J connectivity index is 1.67. The number of rotatable bonds is 6. The van der Waals surface area contributed by atoms with Crippen LogP contribution in [-0.2, 0) is 4.79 Å². The maximum Gasteiger partial charge on any atom is 0.241 e. The summed E-state index contributed by atoms with van der Waals surface area (Å²) in [5.41, 5.74) is 6.82. The van der Waals surface area contributed by atoms with Crippen LogP contribution in [0.25, 0.3) is 0 Å². The van der Waals surface area contributed by atoms with Crippen molar-refractivity contribution < 1.29 is 4.79 Å². The number of carbonyl (C=O) groups excluding carboxylic acids is 1. The number of hydrogen-bond donors (Lipinski definition) is 2. The first-order chi connectivity index (χ1) is 10.2. The first-order valence-corrected chi connectivity index (χ1v) is 8.01. The molecule has 1 amide bonds. The predicted molar refractivity (Wildman–Crippen MR) is 85.9 cm³/mol. The van der Waals surface area contributed by atoms with Gasteiger partial charge < -0.3 is 16.0 Å². The molecule has 2 rings (SSSR count). The number of likely N-dealkylation sites (tertiary alicyclic amines) is 1. The standard InChI is InChI=1S/C17H27N3O/c1-14-8-5-6-12-20(14)13-7-11-19-17(21)16(18)15-9-3-2-4-10-15/h2-4,9-10,14,16H,5-8,11-13,18H2,1H3,(H,19,21)/t14-,16-/m0/s1. The van der Waals surface area contributed by atoms with Gasteiger partial charge in [-0.05, 0) is 38.3 Å². The molecule has 1 aromatic rings. The van der Waals surface area contributed by atoms with Gasteiger partial charge >= 0.3 is 0 Å². The summed E-state index contributed by atoms with van der Waals surface area (Å²) in [6.07, 6.45) is 4.93. The van der Waals surface area contributed by atoms with Gasteiger partial charge in [0.25, 0.3) is 0 Å². The molecule has 0 spiro atoms. The van der Waals surface area contributed by atoms with Crippen LogP contribution in [0.3, 0.4) is 0 Å². The molecule has 1 saturated heterocycles. The van der Waals surface area contributed by atoms with Gasteiger partial charge in [0.2, 0.25) is 5.91 Å². The minimum atomic E-state index is -0.569. The first-order valence-electron chi connectivity index (χ1n) is 8.01. The van der Waals surface area contributed by atoms with Gasteiger partial charge in [-0.2, -0.15) is 0 Å². The van der Waals surface area contributed by atoms with E-state index in [1.165, 1.54) is 25.8 Å². The quantitative estimate of drug-likeness (QED) is 0.788. The van der Waals surface area contributed by atoms with E-state index in [-0.39, 0.29) is 5.91 Å². The molecule has 1 aliphatic heterocycles. The van der Waals surface area contributed by atoms with Gasteiger partial charge in [-0.25, -0.2) is 0 Å². The molecule has 0 aromatic heterocycles. The Labute approximate surface area is 127 Å². The molecule has 1 aliphatic rings. The van der Waals surface area contributed by atoms with Crippen molar-refractivity contribution in [3.63, 3.8) is 0 Å². The van der Waals surface area contributed by atoms with Crippen LogP contribution < -0.4 is 11.1 Å². The molecule has 4 heteroatoms. The summed E-state index contributed by atoms with van der Waals surface area (Å²) in [4.78, 5) is 14.5. The molecule has 2 atom stereocenters. The summed E-state index contributed by atoms with van der Waals surface area (Å²) < 4.78 is 0. The monoisotopic (exact) mass is 289 g/mol. The van der Waals surface area contributed by atoms with Crippen LogP contribution in [0.15, 0.2) is 30.3 Å². The van der Waals surface area contributed by atoms with Gasteiger partial charge in [0.1, 0.15) is 6.04 Å². The van der Waals surface area contributed by atoms with Crippen molar-refractivity contribution in [2.24, 2.45) is 5.73 Å². The summed E-state index contributed by atoms with van der Waals surface area (Å²) in [7, 11) is 0. The van der Waals surface area contributed by atoms with E-state index < -0.39 is 6.04 Å². The van der Waals surface area contributed by atoms with Crippen molar-refractivity contribution in [2.45, 2.75) is 44.7 Å². The van der Waals surface area contributed by atoms with E-state index in [2.05, 4.69) is 17.1 Å². The van der Waals surface area contributed by atoms with Gasteiger partial charge in [0.05, 0.1) is 0 Å². The summed E-state index contributed by atoms with van der Waals surface area (Å²) in [5, 5.41) is 2.94. The highest BCUT2D eigenvalue weighted by Gasteiger charge is 2.18. The van der Waals surface area contributed by atoms with E-state index in [0.717, 1.165) is 18.5 Å². The van der Waals surface area contributed by atoms with Crippen LogP contribution in [0.2, 0.25) is 0 Å². The Morgan fingerprint density at radius 3 is 2.86 bits per heavy atom. The zero-order chi connectivity index (χ0) is 15.1. The maximum atomic E-state index is 12.0. The largest absolute Gasteiger partial charge is 0.354 e. The molecule has 0 bridgehead atoms. The molecule has 3 N–H and O–H groups in total. The highest BCUT2D eigenvalue weighted by Crippen LogP contribution is 2.16. The molecular formula is C17H27N3O. The molecule has 0 unspecified atom stereocenters. The van der Waals surface area contributed by atoms with E-state index in [1.807, 2.05) is 30.3 Å². The fraction of sp³-hybridized carbons (Fsp3) is 0.588. The van der Waals surface area contributed by atoms with Crippen LogP contribution in [0.4, 0.5) is 0 Å². The van der Waals surface area contributed by atoms with Gasteiger partial charge in [0.15, 0.2) is 0 Å².